The number of aryl methyl sites for hydroxylation is 2. The van der Waals surface area contributed by atoms with Crippen LogP contribution in [-0.2, 0) is 17.6 Å². The van der Waals surface area contributed by atoms with Gasteiger partial charge in [0.2, 0.25) is 0 Å². The first-order valence-electron chi connectivity index (χ1n) is 9.98. The van der Waals surface area contributed by atoms with Crippen molar-refractivity contribution in [2.24, 2.45) is 5.92 Å². The summed E-state index contributed by atoms with van der Waals surface area (Å²) in [5, 5.41) is 3.26. The average Bonchev–Trinajstić information content (AvgIpc) is 2.62. The van der Waals surface area contributed by atoms with Gasteiger partial charge < -0.3 is 10.2 Å². The number of hydrogen-bond acceptors (Lipinski definition) is 1. The van der Waals surface area contributed by atoms with Crippen LogP contribution in [0.25, 0.3) is 0 Å². The summed E-state index contributed by atoms with van der Waals surface area (Å²) in [4.78, 5) is 14.3. The van der Waals surface area contributed by atoms with Gasteiger partial charge in [-0.15, -0.1) is 0 Å². The molecule has 2 N–H and O–H groups in total. The number of fused-ring (bicyclic) bond motifs is 1. The minimum atomic E-state index is 0.201. The lowest BCUT2D eigenvalue weighted by atomic mass is 9.78. The maximum Gasteiger partial charge on any atom is 0.279 e. The van der Waals surface area contributed by atoms with E-state index in [-0.39, 0.29) is 5.91 Å². The molecule has 3 atom stereocenters. The van der Waals surface area contributed by atoms with Crippen molar-refractivity contribution in [3.63, 3.8) is 0 Å². The van der Waals surface area contributed by atoms with Crippen LogP contribution in [-0.4, -0.2) is 25.0 Å². The Balaban J connectivity index is 1.67. The zero-order chi connectivity index (χ0) is 16.9. The first kappa shape index (κ1) is 17.5. The summed E-state index contributed by atoms with van der Waals surface area (Å²) in [5.74, 6) is 1.07. The quantitative estimate of drug-likeness (QED) is 0.855. The van der Waals surface area contributed by atoms with Crippen molar-refractivity contribution < 1.29 is 9.69 Å². The number of carbonyl (C=O) groups excluding carboxylic acids is 1. The number of nitrogens with one attached hydrogen (secondary N) is 2. The van der Waals surface area contributed by atoms with Gasteiger partial charge in [-0.2, -0.15) is 0 Å². The minimum absolute atomic E-state index is 0.201. The summed E-state index contributed by atoms with van der Waals surface area (Å²) >= 11 is 0. The normalized spacial score (nSPS) is 26.7. The lowest BCUT2D eigenvalue weighted by molar-refractivity contribution is -0.928. The first-order chi connectivity index (χ1) is 11.7. The minimum Gasteiger partial charge on any atom is -0.324 e. The number of carbonyl (C=O) groups is 1. The predicted octanol–water partition coefficient (Wildman–Crippen LogP) is 2.99. The van der Waals surface area contributed by atoms with Crippen LogP contribution in [0.3, 0.4) is 0 Å². The Kier molecular flexibility index (Phi) is 5.94. The number of amides is 1. The van der Waals surface area contributed by atoms with Crippen LogP contribution in [0.4, 0.5) is 5.69 Å². The Labute approximate surface area is 146 Å². The summed E-state index contributed by atoms with van der Waals surface area (Å²) in [5.41, 5.74) is 3.59. The highest BCUT2D eigenvalue weighted by Gasteiger charge is 2.37. The second-order valence-electron chi connectivity index (χ2n) is 7.58. The van der Waals surface area contributed by atoms with Crippen LogP contribution in [0.1, 0.15) is 63.5 Å². The van der Waals surface area contributed by atoms with E-state index in [1.165, 1.54) is 61.1 Å². The van der Waals surface area contributed by atoms with E-state index in [1.54, 1.807) is 0 Å². The number of para-hydroxylation sites is 1. The summed E-state index contributed by atoms with van der Waals surface area (Å²) in [6.07, 6.45) is 10.0. The standard InChI is InChI=1S/C21H32N2O/c1-3-16-10-7-11-17(4-2)21(16)22-20(24)15-23-14-8-12-18-9-5-6-13-19(18)23/h7,10-11,18-19H,3-6,8-9,12-15H2,1-2H3,(H,22,24)/p+1/t18-,19-/m0/s1. The summed E-state index contributed by atoms with van der Waals surface area (Å²) in [6, 6.07) is 7.11. The third-order valence-electron chi connectivity index (χ3n) is 6.16. The van der Waals surface area contributed by atoms with Gasteiger partial charge in [0, 0.05) is 11.6 Å². The molecule has 3 heteroatoms. The van der Waals surface area contributed by atoms with Gasteiger partial charge in [-0.1, -0.05) is 38.5 Å². The molecular weight excluding hydrogens is 296 g/mol. The number of likely N-dealkylation sites (tertiary alicyclic amines) is 1. The Morgan fingerprint density at radius 3 is 2.46 bits per heavy atom. The lowest BCUT2D eigenvalue weighted by Gasteiger charge is -2.40. The van der Waals surface area contributed by atoms with E-state index in [9.17, 15) is 4.79 Å². The van der Waals surface area contributed by atoms with E-state index in [0.717, 1.165) is 30.5 Å². The maximum atomic E-state index is 12.8. The number of quaternary nitrogens is 1. The number of anilines is 1. The van der Waals surface area contributed by atoms with Gasteiger partial charge in [0.25, 0.3) is 5.91 Å². The molecule has 1 aliphatic carbocycles. The Morgan fingerprint density at radius 2 is 1.75 bits per heavy atom. The molecule has 24 heavy (non-hydrogen) atoms. The molecule has 1 aromatic carbocycles. The van der Waals surface area contributed by atoms with Gasteiger partial charge in [0.1, 0.15) is 0 Å². The molecular formula is C21H33N2O+. The molecule has 1 aromatic rings. The van der Waals surface area contributed by atoms with Crippen molar-refractivity contribution in [1.82, 2.24) is 0 Å². The highest BCUT2D eigenvalue weighted by atomic mass is 16.2. The van der Waals surface area contributed by atoms with Gasteiger partial charge in [-0.3, -0.25) is 4.79 Å². The molecule has 132 valence electrons. The van der Waals surface area contributed by atoms with Gasteiger partial charge in [-0.25, -0.2) is 0 Å². The average molecular weight is 330 g/mol. The van der Waals surface area contributed by atoms with Crippen molar-refractivity contribution in [3.8, 4) is 0 Å². The van der Waals surface area contributed by atoms with E-state index in [0.29, 0.717) is 6.54 Å². The number of rotatable bonds is 5. The zero-order valence-corrected chi connectivity index (χ0v) is 15.4. The second kappa shape index (κ2) is 8.15. The fourth-order valence-electron chi connectivity index (χ4n) is 4.88. The van der Waals surface area contributed by atoms with E-state index in [1.807, 2.05) is 0 Å². The summed E-state index contributed by atoms with van der Waals surface area (Å²) in [7, 11) is 0. The number of benzene rings is 1. The highest BCUT2D eigenvalue weighted by Crippen LogP contribution is 2.28. The molecule has 0 spiro atoms. The smallest absolute Gasteiger partial charge is 0.279 e. The van der Waals surface area contributed by atoms with Gasteiger partial charge in [-0.05, 0) is 56.1 Å². The highest BCUT2D eigenvalue weighted by molar-refractivity contribution is 5.93. The molecule has 1 saturated heterocycles. The SMILES string of the molecule is CCc1cccc(CC)c1NC(=O)C[NH+]1CCC[C@@H]2CCCC[C@@H]21. The third-order valence-corrected chi connectivity index (χ3v) is 6.16. The molecule has 1 amide bonds. The van der Waals surface area contributed by atoms with Crippen LogP contribution < -0.4 is 10.2 Å². The third kappa shape index (κ3) is 3.83. The van der Waals surface area contributed by atoms with Crippen molar-refractivity contribution >= 4 is 11.6 Å². The molecule has 0 bridgehead atoms. The molecule has 1 saturated carbocycles. The fourth-order valence-corrected chi connectivity index (χ4v) is 4.88. The Morgan fingerprint density at radius 1 is 1.08 bits per heavy atom. The van der Waals surface area contributed by atoms with Crippen molar-refractivity contribution in [2.45, 2.75) is 71.3 Å². The molecule has 1 heterocycles. The lowest BCUT2D eigenvalue weighted by Crippen LogP contribution is -3.18. The Bertz CT molecular complexity index is 545. The molecule has 2 fully saturated rings. The molecule has 3 rings (SSSR count). The van der Waals surface area contributed by atoms with Crippen LogP contribution in [0.5, 0.6) is 0 Å². The molecule has 0 aromatic heterocycles. The van der Waals surface area contributed by atoms with E-state index < -0.39 is 0 Å². The largest absolute Gasteiger partial charge is 0.324 e. The molecule has 3 nitrogen and oxygen atoms in total. The van der Waals surface area contributed by atoms with Crippen molar-refractivity contribution in [3.05, 3.63) is 29.3 Å². The molecule has 1 aliphatic heterocycles. The molecule has 0 radical (unpaired) electrons. The second-order valence-corrected chi connectivity index (χ2v) is 7.58. The Hall–Kier alpha value is -1.35. The molecule has 1 unspecified atom stereocenters. The number of hydrogen-bond donors (Lipinski definition) is 2. The van der Waals surface area contributed by atoms with Crippen molar-refractivity contribution in [2.75, 3.05) is 18.4 Å². The zero-order valence-electron chi connectivity index (χ0n) is 15.4. The monoisotopic (exact) mass is 329 g/mol. The van der Waals surface area contributed by atoms with E-state index in [4.69, 9.17) is 0 Å². The van der Waals surface area contributed by atoms with Crippen LogP contribution >= 0.6 is 0 Å². The summed E-state index contributed by atoms with van der Waals surface area (Å²) < 4.78 is 0. The topological polar surface area (TPSA) is 33.5 Å². The molecule has 2 aliphatic rings. The summed E-state index contributed by atoms with van der Waals surface area (Å²) in [6.45, 7) is 6.13. The van der Waals surface area contributed by atoms with Crippen LogP contribution in [0.2, 0.25) is 0 Å². The predicted molar refractivity (Wildman–Crippen MR) is 99.5 cm³/mol. The van der Waals surface area contributed by atoms with Crippen LogP contribution in [0, 0.1) is 5.92 Å². The van der Waals surface area contributed by atoms with Crippen molar-refractivity contribution in [1.29, 1.82) is 0 Å². The van der Waals surface area contributed by atoms with Gasteiger partial charge >= 0.3 is 0 Å². The fraction of sp³-hybridized carbons (Fsp3) is 0.667. The van der Waals surface area contributed by atoms with Gasteiger partial charge in [0.05, 0.1) is 12.6 Å². The first-order valence-corrected chi connectivity index (χ1v) is 9.98. The van der Waals surface area contributed by atoms with Crippen LogP contribution in [0.15, 0.2) is 18.2 Å². The maximum absolute atomic E-state index is 12.8. The van der Waals surface area contributed by atoms with Gasteiger partial charge in [0.15, 0.2) is 6.54 Å². The number of piperidine rings is 1. The van der Waals surface area contributed by atoms with E-state index in [2.05, 4.69) is 37.4 Å². The van der Waals surface area contributed by atoms with E-state index >= 15 is 0 Å².